The van der Waals surface area contributed by atoms with Crippen LogP contribution in [0, 0.1) is 0 Å². The van der Waals surface area contributed by atoms with Crippen molar-refractivity contribution in [3.8, 4) is 0 Å². The van der Waals surface area contributed by atoms with Gasteiger partial charge in [-0.2, -0.15) is 0 Å². The Morgan fingerprint density at radius 2 is 2.07 bits per heavy atom. The molecule has 1 aliphatic rings. The van der Waals surface area contributed by atoms with Crippen LogP contribution in [0.25, 0.3) is 0 Å². The lowest BCUT2D eigenvalue weighted by molar-refractivity contribution is -0.118. The number of carbonyl (C=O) groups is 1. The number of allylic oxidation sites excluding steroid dienone is 1. The molecule has 1 heterocycles. The Hall–Kier alpha value is -1.57. The van der Waals surface area contributed by atoms with Crippen LogP contribution in [0.3, 0.4) is 0 Å². The predicted octanol–water partition coefficient (Wildman–Crippen LogP) is 2.49. The zero-order chi connectivity index (χ0) is 10.5. The van der Waals surface area contributed by atoms with Crippen LogP contribution in [0.4, 0.5) is 0 Å². The molecule has 0 aliphatic carbocycles. The summed E-state index contributed by atoms with van der Waals surface area (Å²) in [6.07, 6.45) is 4.08. The molecule has 0 fully saturated rings. The van der Waals surface area contributed by atoms with E-state index in [0.29, 0.717) is 18.8 Å². The second kappa shape index (κ2) is 4.78. The van der Waals surface area contributed by atoms with Gasteiger partial charge in [0.05, 0.1) is 6.61 Å². The molecule has 2 nitrogen and oxygen atoms in total. The minimum Gasteiger partial charge on any atom is -0.490 e. The van der Waals surface area contributed by atoms with Crippen LogP contribution in [-0.4, -0.2) is 12.4 Å². The van der Waals surface area contributed by atoms with Crippen molar-refractivity contribution in [2.45, 2.75) is 19.3 Å². The second-order valence-corrected chi connectivity index (χ2v) is 3.61. The van der Waals surface area contributed by atoms with Gasteiger partial charge >= 0.3 is 0 Å². The molecule has 0 spiro atoms. The van der Waals surface area contributed by atoms with Gasteiger partial charge in [0.15, 0.2) is 11.5 Å². The summed E-state index contributed by atoms with van der Waals surface area (Å²) in [6.45, 7) is 0.659. The Morgan fingerprint density at radius 3 is 2.73 bits per heavy atom. The van der Waals surface area contributed by atoms with Crippen LogP contribution in [0.15, 0.2) is 42.2 Å². The summed E-state index contributed by atoms with van der Waals surface area (Å²) in [4.78, 5) is 11.6. The minimum atomic E-state index is 0.122. The van der Waals surface area contributed by atoms with Crippen molar-refractivity contribution < 1.29 is 9.53 Å². The molecule has 2 heteroatoms. The van der Waals surface area contributed by atoms with Crippen LogP contribution in [0.2, 0.25) is 0 Å². The van der Waals surface area contributed by atoms with Crippen LogP contribution < -0.4 is 0 Å². The van der Waals surface area contributed by atoms with Gasteiger partial charge in [0, 0.05) is 12.8 Å². The van der Waals surface area contributed by atoms with Crippen molar-refractivity contribution in [2.24, 2.45) is 0 Å². The maximum atomic E-state index is 11.6. The van der Waals surface area contributed by atoms with Crippen molar-refractivity contribution in [1.82, 2.24) is 0 Å². The van der Waals surface area contributed by atoms with E-state index in [9.17, 15) is 4.79 Å². The summed E-state index contributed by atoms with van der Waals surface area (Å²) in [5, 5.41) is 0. The van der Waals surface area contributed by atoms with E-state index in [2.05, 4.69) is 0 Å². The van der Waals surface area contributed by atoms with Crippen molar-refractivity contribution in [3.63, 3.8) is 0 Å². The van der Waals surface area contributed by atoms with Crippen LogP contribution >= 0.6 is 0 Å². The fourth-order valence-corrected chi connectivity index (χ4v) is 1.64. The summed E-state index contributed by atoms with van der Waals surface area (Å²) in [6, 6.07) is 10.0. The number of aryl methyl sites for hydroxylation is 1. The zero-order valence-corrected chi connectivity index (χ0v) is 8.61. The lowest BCUT2D eigenvalue weighted by Gasteiger charge is -2.02. The second-order valence-electron chi connectivity index (χ2n) is 3.61. The van der Waals surface area contributed by atoms with Crippen LogP contribution in [0.1, 0.15) is 18.4 Å². The number of benzene rings is 1. The summed E-state index contributed by atoms with van der Waals surface area (Å²) in [7, 11) is 0. The first kappa shape index (κ1) is 9.97. The highest BCUT2D eigenvalue weighted by Gasteiger charge is 2.14. The van der Waals surface area contributed by atoms with E-state index in [4.69, 9.17) is 4.74 Å². The molecule has 0 saturated carbocycles. The van der Waals surface area contributed by atoms with E-state index in [0.717, 1.165) is 12.8 Å². The molecule has 0 radical (unpaired) electrons. The van der Waals surface area contributed by atoms with Gasteiger partial charge in [-0.15, -0.1) is 0 Å². The molecule has 0 N–H and O–H groups in total. The van der Waals surface area contributed by atoms with Gasteiger partial charge in [0.1, 0.15) is 0 Å². The minimum absolute atomic E-state index is 0.122. The average molecular weight is 202 g/mol. The van der Waals surface area contributed by atoms with Gasteiger partial charge in [-0.3, -0.25) is 4.79 Å². The van der Waals surface area contributed by atoms with Gasteiger partial charge in [-0.25, -0.2) is 0 Å². The molecular formula is C13H14O2. The fraction of sp³-hybridized carbons (Fsp3) is 0.308. The molecule has 78 valence electrons. The zero-order valence-electron chi connectivity index (χ0n) is 8.61. The molecule has 0 bridgehead atoms. The number of hydrogen-bond donors (Lipinski definition) is 0. The number of hydrogen-bond acceptors (Lipinski definition) is 2. The summed E-state index contributed by atoms with van der Waals surface area (Å²) in [5.41, 5.74) is 1.20. The Balaban J connectivity index is 1.86. The monoisotopic (exact) mass is 202 g/mol. The van der Waals surface area contributed by atoms with E-state index in [1.807, 2.05) is 36.4 Å². The van der Waals surface area contributed by atoms with E-state index in [-0.39, 0.29) is 5.78 Å². The number of Topliss-reactive ketones (excluding diaryl/α,β-unsaturated/α-hetero) is 1. The summed E-state index contributed by atoms with van der Waals surface area (Å²) < 4.78 is 5.21. The summed E-state index contributed by atoms with van der Waals surface area (Å²) in [5.74, 6) is 0.683. The molecule has 1 aromatic carbocycles. The van der Waals surface area contributed by atoms with E-state index >= 15 is 0 Å². The number of rotatable bonds is 4. The van der Waals surface area contributed by atoms with Crippen molar-refractivity contribution in [2.75, 3.05) is 6.61 Å². The molecule has 0 aromatic heterocycles. The molecule has 0 saturated heterocycles. The Bertz CT molecular complexity index is 365. The molecule has 2 rings (SSSR count). The van der Waals surface area contributed by atoms with E-state index in [1.165, 1.54) is 5.56 Å². The maximum Gasteiger partial charge on any atom is 0.197 e. The molecule has 0 atom stereocenters. The molecule has 1 aliphatic heterocycles. The first-order valence-electron chi connectivity index (χ1n) is 5.26. The van der Waals surface area contributed by atoms with E-state index < -0.39 is 0 Å². The normalized spacial score (nSPS) is 14.5. The van der Waals surface area contributed by atoms with E-state index in [1.54, 1.807) is 0 Å². The third-order valence-corrected chi connectivity index (χ3v) is 2.46. The topological polar surface area (TPSA) is 26.3 Å². The Labute approximate surface area is 89.6 Å². The lowest BCUT2D eigenvalue weighted by atomic mass is 10.1. The van der Waals surface area contributed by atoms with Gasteiger partial charge in [-0.1, -0.05) is 30.3 Å². The van der Waals surface area contributed by atoms with Gasteiger partial charge in [0.2, 0.25) is 0 Å². The predicted molar refractivity (Wildman–Crippen MR) is 58.4 cm³/mol. The van der Waals surface area contributed by atoms with Crippen molar-refractivity contribution in [3.05, 3.63) is 47.7 Å². The van der Waals surface area contributed by atoms with Crippen molar-refractivity contribution >= 4 is 5.78 Å². The van der Waals surface area contributed by atoms with Crippen LogP contribution in [-0.2, 0) is 16.0 Å². The third-order valence-electron chi connectivity index (χ3n) is 2.46. The molecule has 0 unspecified atom stereocenters. The first-order chi connectivity index (χ1) is 7.36. The lowest BCUT2D eigenvalue weighted by Crippen LogP contribution is -2.04. The largest absolute Gasteiger partial charge is 0.490 e. The highest BCUT2D eigenvalue weighted by Crippen LogP contribution is 2.13. The number of ether oxygens (including phenoxy) is 1. The molecule has 0 amide bonds. The van der Waals surface area contributed by atoms with Crippen LogP contribution in [0.5, 0.6) is 0 Å². The highest BCUT2D eigenvalue weighted by atomic mass is 16.5. The number of carbonyl (C=O) groups excluding carboxylic acids is 1. The Kier molecular flexibility index (Phi) is 3.18. The highest BCUT2D eigenvalue weighted by molar-refractivity contribution is 5.93. The summed E-state index contributed by atoms with van der Waals surface area (Å²) >= 11 is 0. The molecule has 1 aromatic rings. The fourth-order valence-electron chi connectivity index (χ4n) is 1.64. The third kappa shape index (κ3) is 2.69. The standard InChI is InChI=1S/C13H14O2/c14-12(13-7-4-10-15-13)9-8-11-5-2-1-3-6-11/h1-3,5-7H,4,8-10H2. The van der Waals surface area contributed by atoms with Crippen molar-refractivity contribution in [1.29, 1.82) is 0 Å². The first-order valence-corrected chi connectivity index (χ1v) is 5.26. The van der Waals surface area contributed by atoms with Gasteiger partial charge in [0.25, 0.3) is 0 Å². The maximum absolute atomic E-state index is 11.6. The Morgan fingerprint density at radius 1 is 1.27 bits per heavy atom. The average Bonchev–Trinajstić information content (AvgIpc) is 2.81. The molecule has 15 heavy (non-hydrogen) atoms. The number of ketones is 1. The smallest absolute Gasteiger partial charge is 0.197 e. The van der Waals surface area contributed by atoms with Gasteiger partial charge in [-0.05, 0) is 18.1 Å². The SMILES string of the molecule is O=C(CCc1ccccc1)C1=CCCO1. The quantitative estimate of drug-likeness (QED) is 0.749. The van der Waals surface area contributed by atoms with Gasteiger partial charge < -0.3 is 4.74 Å². The molecular weight excluding hydrogens is 188 g/mol.